The van der Waals surface area contributed by atoms with Crippen LogP contribution in [0.1, 0.15) is 11.3 Å². The molecule has 0 unspecified atom stereocenters. The fraction of sp³-hybridized carbons (Fsp3) is 0.226. The number of hydrogen-bond donors (Lipinski definition) is 2. The Labute approximate surface area is 239 Å². The minimum absolute atomic E-state index is 0.0743. The highest BCUT2D eigenvalue weighted by Gasteiger charge is 2.24. The van der Waals surface area contributed by atoms with Crippen LogP contribution in [0.15, 0.2) is 82.2 Å². The number of para-hydroxylation sites is 1. The van der Waals surface area contributed by atoms with Crippen LogP contribution in [0.3, 0.4) is 0 Å². The Kier molecular flexibility index (Phi) is 6.86. The summed E-state index contributed by atoms with van der Waals surface area (Å²) in [6.45, 7) is 2.53. The van der Waals surface area contributed by atoms with Crippen molar-refractivity contribution >= 4 is 21.8 Å². The van der Waals surface area contributed by atoms with Crippen molar-refractivity contribution < 1.29 is 19.0 Å². The molecule has 0 aliphatic carbocycles. The first-order chi connectivity index (χ1) is 20.7. The highest BCUT2D eigenvalue weighted by molar-refractivity contribution is 5.91. The number of nitrogens with zero attached hydrogens (tertiary/aromatic N) is 4. The molecule has 11 nitrogen and oxygen atoms in total. The van der Waals surface area contributed by atoms with E-state index in [9.17, 15) is 10.0 Å². The molecule has 0 amide bonds. The smallest absolute Gasteiger partial charge is 0.261 e. The second-order valence-corrected chi connectivity index (χ2v) is 10.1. The number of hydrogen-bond acceptors (Lipinski definition) is 8. The van der Waals surface area contributed by atoms with Gasteiger partial charge in [-0.3, -0.25) is 14.0 Å². The van der Waals surface area contributed by atoms with E-state index in [-0.39, 0.29) is 5.56 Å². The van der Waals surface area contributed by atoms with Crippen molar-refractivity contribution in [2.45, 2.75) is 19.5 Å². The van der Waals surface area contributed by atoms with Gasteiger partial charge in [-0.2, -0.15) is 0 Å². The normalized spacial score (nSPS) is 12.5. The maximum atomic E-state index is 13.4. The predicted octanol–water partition coefficient (Wildman–Crippen LogP) is 3.57. The number of aryl methyl sites for hydroxylation is 1. The van der Waals surface area contributed by atoms with Gasteiger partial charge in [-0.15, -0.1) is 0 Å². The van der Waals surface area contributed by atoms with Gasteiger partial charge in [0.25, 0.3) is 11.3 Å². The lowest BCUT2D eigenvalue weighted by Crippen LogP contribution is -2.32. The number of fused-ring (bicyclic) bond motifs is 6. The summed E-state index contributed by atoms with van der Waals surface area (Å²) in [4.78, 5) is 22.2. The first-order valence-corrected chi connectivity index (χ1v) is 13.9. The first kappa shape index (κ1) is 25.9. The Morgan fingerprint density at radius 2 is 1.88 bits per heavy atom. The number of aromatic nitrogens is 5. The highest BCUT2D eigenvalue weighted by atomic mass is 16.8. The Morgan fingerprint density at radius 3 is 2.79 bits per heavy atom. The summed E-state index contributed by atoms with van der Waals surface area (Å²) in [5, 5.41) is 20.7. The number of benzene rings is 3. The van der Waals surface area contributed by atoms with Gasteiger partial charge in [0.2, 0.25) is 5.69 Å². The van der Waals surface area contributed by atoms with Crippen LogP contribution in [0.5, 0.6) is 5.75 Å². The van der Waals surface area contributed by atoms with Gasteiger partial charge in [-0.05, 0) is 41.2 Å². The molecule has 7 rings (SSSR count). The molecule has 6 aromatic rings. The molecule has 1 aliphatic rings. The maximum Gasteiger partial charge on any atom is 0.261 e. The zero-order valence-electron chi connectivity index (χ0n) is 22.7. The fourth-order valence-corrected chi connectivity index (χ4v) is 5.46. The molecule has 0 spiro atoms. The molecule has 42 heavy (non-hydrogen) atoms. The molecule has 0 atom stereocenters. The van der Waals surface area contributed by atoms with E-state index in [1.165, 1.54) is 10.9 Å². The van der Waals surface area contributed by atoms with E-state index in [1.807, 2.05) is 60.7 Å². The Morgan fingerprint density at radius 1 is 1.02 bits per heavy atom. The third-order valence-corrected chi connectivity index (χ3v) is 7.51. The van der Waals surface area contributed by atoms with Crippen LogP contribution in [-0.4, -0.2) is 46.1 Å². The molecule has 2 N–H and O–H groups in total. The molecule has 4 heterocycles. The Hall–Kier alpha value is -5.00. The molecule has 0 radical (unpaired) electrons. The van der Waals surface area contributed by atoms with Gasteiger partial charge in [0.15, 0.2) is 5.82 Å². The standard InChI is InChI=1S/C31H28N6O5/c38-31-24-18-21(10-11-26(24)34-30-29-23(12-14-36(30)31)22-8-4-5-9-25(22)33-29)41-17-16-40-15-13-32-19-27-28(35-42-37(27)39)20-6-2-1-3-7-20/h1-11,18,32-33H,12-17,19H2. The number of aromatic amines is 1. The van der Waals surface area contributed by atoms with Crippen LogP contribution in [0.4, 0.5) is 0 Å². The Balaban J connectivity index is 0.932. The van der Waals surface area contributed by atoms with Crippen molar-refractivity contribution in [1.29, 1.82) is 0 Å². The second kappa shape index (κ2) is 11.1. The molecular formula is C31H28N6O5. The van der Waals surface area contributed by atoms with Gasteiger partial charge >= 0.3 is 0 Å². The maximum absolute atomic E-state index is 13.4. The summed E-state index contributed by atoms with van der Waals surface area (Å²) in [7, 11) is 0. The van der Waals surface area contributed by atoms with E-state index in [0.717, 1.165) is 23.2 Å². The van der Waals surface area contributed by atoms with E-state index in [4.69, 9.17) is 19.1 Å². The fourth-order valence-electron chi connectivity index (χ4n) is 5.46. The second-order valence-electron chi connectivity index (χ2n) is 10.1. The largest absolute Gasteiger partial charge is 0.491 e. The zero-order valence-corrected chi connectivity index (χ0v) is 22.7. The van der Waals surface area contributed by atoms with Crippen molar-refractivity contribution in [3.05, 3.63) is 99.6 Å². The quantitative estimate of drug-likeness (QED) is 0.191. The monoisotopic (exact) mass is 564 g/mol. The summed E-state index contributed by atoms with van der Waals surface area (Å²) >= 11 is 0. The number of H-pyrrole nitrogens is 1. The average Bonchev–Trinajstić information content (AvgIpc) is 3.59. The Bertz CT molecular complexity index is 1950. The van der Waals surface area contributed by atoms with Crippen LogP contribution >= 0.6 is 0 Å². The molecule has 1 aliphatic heterocycles. The van der Waals surface area contributed by atoms with E-state index >= 15 is 0 Å². The topological polar surface area (TPSA) is 134 Å². The van der Waals surface area contributed by atoms with Crippen LogP contribution in [-0.2, 0) is 24.2 Å². The summed E-state index contributed by atoms with van der Waals surface area (Å²) in [6.07, 6.45) is 0.770. The van der Waals surface area contributed by atoms with Crippen molar-refractivity contribution in [3.63, 3.8) is 0 Å². The van der Waals surface area contributed by atoms with E-state index in [2.05, 4.69) is 21.5 Å². The molecule has 3 aromatic heterocycles. The lowest BCUT2D eigenvalue weighted by Gasteiger charge is -2.19. The number of rotatable bonds is 10. The molecule has 0 bridgehead atoms. The molecule has 0 fully saturated rings. The predicted molar refractivity (Wildman–Crippen MR) is 156 cm³/mol. The summed E-state index contributed by atoms with van der Waals surface area (Å²) in [6, 6.07) is 23.0. The highest BCUT2D eigenvalue weighted by Crippen LogP contribution is 2.33. The minimum Gasteiger partial charge on any atom is -0.491 e. The molecule has 11 heteroatoms. The third-order valence-electron chi connectivity index (χ3n) is 7.51. The summed E-state index contributed by atoms with van der Waals surface area (Å²) < 4.78 is 18.1. The van der Waals surface area contributed by atoms with Crippen molar-refractivity contribution in [2.75, 3.05) is 26.4 Å². The van der Waals surface area contributed by atoms with Crippen LogP contribution in [0, 0.1) is 5.21 Å². The third kappa shape index (κ3) is 4.78. The lowest BCUT2D eigenvalue weighted by atomic mass is 10.0. The minimum atomic E-state index is -0.0743. The summed E-state index contributed by atoms with van der Waals surface area (Å²) in [5.41, 5.74) is 5.47. The average molecular weight is 565 g/mol. The van der Waals surface area contributed by atoms with Crippen LogP contribution in [0.25, 0.3) is 44.6 Å². The van der Waals surface area contributed by atoms with Crippen molar-refractivity contribution in [2.24, 2.45) is 0 Å². The van der Waals surface area contributed by atoms with E-state index in [0.29, 0.717) is 78.2 Å². The number of nitrogens with one attached hydrogen (secondary N) is 2. The van der Waals surface area contributed by atoms with E-state index in [1.54, 1.807) is 10.6 Å². The van der Waals surface area contributed by atoms with Gasteiger partial charge in [0.1, 0.15) is 12.4 Å². The SMILES string of the molecule is O=c1c2cc(OCCOCCNCc3c(-c4ccccc4)no[n+]3[O-])ccc2nc2n1CCc1c-2[nH]c2ccccc12. The van der Waals surface area contributed by atoms with Crippen molar-refractivity contribution in [3.8, 4) is 28.5 Å². The molecule has 0 saturated heterocycles. The van der Waals surface area contributed by atoms with Crippen LogP contribution < -0.4 is 20.5 Å². The van der Waals surface area contributed by atoms with E-state index < -0.39 is 0 Å². The van der Waals surface area contributed by atoms with Gasteiger partial charge in [-0.25, -0.2) is 4.98 Å². The lowest BCUT2D eigenvalue weighted by molar-refractivity contribution is -0.808. The first-order valence-electron chi connectivity index (χ1n) is 13.9. The number of ether oxygens (including phenoxy) is 2. The van der Waals surface area contributed by atoms with Gasteiger partial charge in [-0.1, -0.05) is 48.5 Å². The molecule has 212 valence electrons. The van der Waals surface area contributed by atoms with Gasteiger partial charge < -0.3 is 25.0 Å². The van der Waals surface area contributed by atoms with Crippen molar-refractivity contribution in [1.82, 2.24) is 25.0 Å². The molecule has 0 saturated carbocycles. The van der Waals surface area contributed by atoms with Crippen LogP contribution in [0.2, 0.25) is 0 Å². The van der Waals surface area contributed by atoms with Gasteiger partial charge in [0, 0.05) is 34.7 Å². The summed E-state index contributed by atoms with van der Waals surface area (Å²) in [5.74, 6) is 1.26. The zero-order chi connectivity index (χ0) is 28.5. The molecular weight excluding hydrogens is 536 g/mol. The molecule has 3 aromatic carbocycles. The van der Waals surface area contributed by atoms with Gasteiger partial charge in [0.05, 0.1) is 36.4 Å².